The molecule has 264 valence electrons. The van der Waals surface area contributed by atoms with Crippen LogP contribution in [0.25, 0.3) is 0 Å². The van der Waals surface area contributed by atoms with E-state index in [0.29, 0.717) is 5.56 Å². The predicted octanol–water partition coefficient (Wildman–Crippen LogP) is 7.08. The molecule has 11 nitrogen and oxygen atoms in total. The number of amides is 2. The van der Waals surface area contributed by atoms with Crippen LogP contribution in [0.5, 0.6) is 5.75 Å². The van der Waals surface area contributed by atoms with Gasteiger partial charge in [0.25, 0.3) is 15.7 Å². The standard InChI is InChI=1S/C36H38BrClN4O7S/c1-24-14-16-29(21-30(24)42(45)46)50(47,48)41(31-20-28(38)15-17-33(31)49-5)23-34(43)40(22-26-12-9-13-27(37)18-26)32(35(44)39-36(2,3)4)19-25-10-7-6-8-11-25/h6-18,20-21,32H,19,22-23H2,1-5H3,(H,39,44)/t32-/m1/s1. The Hall–Kier alpha value is -4.46. The van der Waals surface area contributed by atoms with Crippen LogP contribution in [0.3, 0.4) is 0 Å². The minimum atomic E-state index is -4.68. The molecule has 14 heteroatoms. The highest BCUT2D eigenvalue weighted by molar-refractivity contribution is 9.10. The van der Waals surface area contributed by atoms with Crippen LogP contribution < -0.4 is 14.4 Å². The molecule has 0 spiro atoms. The maximum atomic E-state index is 14.8. The van der Waals surface area contributed by atoms with Crippen molar-refractivity contribution in [3.8, 4) is 5.75 Å². The van der Waals surface area contributed by atoms with E-state index in [9.17, 15) is 28.1 Å². The lowest BCUT2D eigenvalue weighted by molar-refractivity contribution is -0.385. The second-order valence-corrected chi connectivity index (χ2v) is 15.8. The van der Waals surface area contributed by atoms with E-state index in [4.69, 9.17) is 16.3 Å². The molecule has 1 N–H and O–H groups in total. The average molecular weight is 786 g/mol. The maximum Gasteiger partial charge on any atom is 0.273 e. The molecule has 0 saturated heterocycles. The van der Waals surface area contributed by atoms with Gasteiger partial charge in [-0.3, -0.25) is 24.0 Å². The monoisotopic (exact) mass is 784 g/mol. The molecule has 0 aliphatic heterocycles. The first kappa shape index (κ1) is 38.3. The molecule has 4 aromatic carbocycles. The molecule has 0 saturated carbocycles. The minimum Gasteiger partial charge on any atom is -0.495 e. The number of hydrogen-bond acceptors (Lipinski definition) is 7. The van der Waals surface area contributed by atoms with E-state index in [0.717, 1.165) is 20.4 Å². The summed E-state index contributed by atoms with van der Waals surface area (Å²) in [5.41, 5.74) is 0.581. The van der Waals surface area contributed by atoms with Crippen LogP contribution in [0.4, 0.5) is 11.4 Å². The van der Waals surface area contributed by atoms with Gasteiger partial charge in [0, 0.05) is 39.6 Å². The third-order valence-electron chi connectivity index (χ3n) is 7.66. The topological polar surface area (TPSA) is 139 Å². The zero-order valence-electron chi connectivity index (χ0n) is 28.2. The van der Waals surface area contributed by atoms with Gasteiger partial charge in [0.1, 0.15) is 18.3 Å². The molecule has 0 heterocycles. The molecule has 50 heavy (non-hydrogen) atoms. The van der Waals surface area contributed by atoms with Gasteiger partial charge in [-0.2, -0.15) is 0 Å². The number of methoxy groups -OCH3 is 1. The lowest BCUT2D eigenvalue weighted by atomic mass is 10.0. The SMILES string of the molecule is COc1ccc(Cl)cc1N(CC(=O)N(Cc1cccc(Br)c1)[C@H](Cc1ccccc1)C(=O)NC(C)(C)C)S(=O)(=O)c1ccc(C)c([N+](=O)[O-])c1. The van der Waals surface area contributed by atoms with Gasteiger partial charge >= 0.3 is 0 Å². The number of aryl methyl sites for hydroxylation is 1. The average Bonchev–Trinajstić information content (AvgIpc) is 3.04. The molecule has 4 aromatic rings. The van der Waals surface area contributed by atoms with E-state index in [-0.39, 0.29) is 35.0 Å². The van der Waals surface area contributed by atoms with Crippen molar-refractivity contribution in [1.29, 1.82) is 0 Å². The lowest BCUT2D eigenvalue weighted by Crippen LogP contribution is -2.56. The Labute approximate surface area is 305 Å². The molecule has 0 radical (unpaired) electrons. The number of ether oxygens (including phenoxy) is 1. The van der Waals surface area contributed by atoms with Gasteiger partial charge in [-0.1, -0.05) is 76.1 Å². The predicted molar refractivity (Wildman–Crippen MR) is 197 cm³/mol. The first-order valence-electron chi connectivity index (χ1n) is 15.5. The molecule has 0 bridgehead atoms. The number of carbonyl (C=O) groups excluding carboxylic acids is 2. The fourth-order valence-electron chi connectivity index (χ4n) is 5.28. The van der Waals surface area contributed by atoms with E-state index >= 15 is 0 Å². The number of halogens is 2. The van der Waals surface area contributed by atoms with Gasteiger partial charge in [-0.05, 0) is 75.2 Å². The summed E-state index contributed by atoms with van der Waals surface area (Å²) in [6.07, 6.45) is 0.125. The van der Waals surface area contributed by atoms with Crippen LogP contribution in [0.15, 0.2) is 100 Å². The number of anilines is 1. The number of carbonyl (C=O) groups is 2. The van der Waals surface area contributed by atoms with Crippen LogP contribution >= 0.6 is 27.5 Å². The molecule has 0 aromatic heterocycles. The summed E-state index contributed by atoms with van der Waals surface area (Å²) in [5.74, 6) is -1.08. The zero-order valence-corrected chi connectivity index (χ0v) is 31.4. The Bertz CT molecular complexity index is 1990. The van der Waals surface area contributed by atoms with Gasteiger partial charge in [-0.15, -0.1) is 0 Å². The van der Waals surface area contributed by atoms with Gasteiger partial charge in [0.05, 0.1) is 22.6 Å². The lowest BCUT2D eigenvalue weighted by Gasteiger charge is -2.35. The van der Waals surface area contributed by atoms with Crippen LogP contribution in [0.2, 0.25) is 5.02 Å². The molecular formula is C36H38BrClN4O7S. The highest BCUT2D eigenvalue weighted by atomic mass is 79.9. The first-order chi connectivity index (χ1) is 23.5. The second-order valence-electron chi connectivity index (χ2n) is 12.6. The summed E-state index contributed by atoms with van der Waals surface area (Å²) in [7, 11) is -3.35. The van der Waals surface area contributed by atoms with Crippen LogP contribution in [0.1, 0.15) is 37.5 Å². The third kappa shape index (κ3) is 9.61. The quantitative estimate of drug-likeness (QED) is 0.113. The van der Waals surface area contributed by atoms with Crippen LogP contribution in [-0.4, -0.2) is 55.3 Å². The molecule has 0 fully saturated rings. The number of nitrogens with zero attached hydrogens (tertiary/aromatic N) is 3. The van der Waals surface area contributed by atoms with Gasteiger partial charge < -0.3 is 15.0 Å². The van der Waals surface area contributed by atoms with E-state index in [2.05, 4.69) is 21.2 Å². The highest BCUT2D eigenvalue weighted by Gasteiger charge is 2.37. The molecule has 4 rings (SSSR count). The number of rotatable bonds is 13. The van der Waals surface area contributed by atoms with Crippen molar-refractivity contribution in [2.75, 3.05) is 18.0 Å². The summed E-state index contributed by atoms with van der Waals surface area (Å²) in [6, 6.07) is 23.1. The van der Waals surface area contributed by atoms with Gasteiger partial charge in [0.15, 0.2) is 0 Å². The Morgan fingerprint density at radius 2 is 1.66 bits per heavy atom. The number of nitrogens with one attached hydrogen (secondary N) is 1. The maximum absolute atomic E-state index is 14.8. The van der Waals surface area contributed by atoms with Crippen molar-refractivity contribution in [3.05, 3.63) is 127 Å². The minimum absolute atomic E-state index is 0.0517. The second kappa shape index (κ2) is 16.0. The van der Waals surface area contributed by atoms with Gasteiger partial charge in [-0.25, -0.2) is 8.42 Å². The first-order valence-corrected chi connectivity index (χ1v) is 18.1. The Morgan fingerprint density at radius 1 is 0.980 bits per heavy atom. The molecule has 0 unspecified atom stereocenters. The summed E-state index contributed by atoms with van der Waals surface area (Å²) in [6.45, 7) is 6.11. The number of nitro benzene ring substituents is 1. The fraction of sp³-hybridized carbons (Fsp3) is 0.278. The number of hydrogen-bond donors (Lipinski definition) is 1. The Balaban J connectivity index is 1.91. The van der Waals surface area contributed by atoms with Crippen molar-refractivity contribution >= 4 is 60.7 Å². The van der Waals surface area contributed by atoms with Crippen molar-refractivity contribution < 1.29 is 27.7 Å². The number of benzene rings is 4. The van der Waals surface area contributed by atoms with Crippen molar-refractivity contribution in [3.63, 3.8) is 0 Å². The van der Waals surface area contributed by atoms with E-state index in [1.165, 1.54) is 49.3 Å². The third-order valence-corrected chi connectivity index (χ3v) is 10.1. The highest BCUT2D eigenvalue weighted by Crippen LogP contribution is 2.36. The molecular weight excluding hydrogens is 748 g/mol. The van der Waals surface area contributed by atoms with E-state index < -0.39 is 55.5 Å². The van der Waals surface area contributed by atoms with E-state index in [1.807, 2.05) is 63.2 Å². The van der Waals surface area contributed by atoms with Crippen molar-refractivity contribution in [2.24, 2.45) is 0 Å². The van der Waals surface area contributed by atoms with Crippen molar-refractivity contribution in [1.82, 2.24) is 10.2 Å². The number of sulfonamides is 1. The molecule has 0 aliphatic carbocycles. The van der Waals surface area contributed by atoms with Gasteiger partial charge in [0.2, 0.25) is 11.8 Å². The fourth-order valence-corrected chi connectivity index (χ4v) is 7.33. The summed E-state index contributed by atoms with van der Waals surface area (Å²) in [5, 5.41) is 14.9. The largest absolute Gasteiger partial charge is 0.495 e. The normalized spacial score (nSPS) is 12.1. The molecule has 2 amide bonds. The summed E-state index contributed by atoms with van der Waals surface area (Å²) in [4.78, 5) is 40.9. The molecule has 0 aliphatic rings. The summed E-state index contributed by atoms with van der Waals surface area (Å²) >= 11 is 9.82. The molecule has 1 atom stereocenters. The smallest absolute Gasteiger partial charge is 0.273 e. The van der Waals surface area contributed by atoms with Crippen LogP contribution in [-0.2, 0) is 32.6 Å². The Morgan fingerprint density at radius 3 is 2.28 bits per heavy atom. The van der Waals surface area contributed by atoms with E-state index in [1.54, 1.807) is 12.1 Å². The number of nitro groups is 1. The van der Waals surface area contributed by atoms with Crippen LogP contribution in [0, 0.1) is 17.0 Å². The van der Waals surface area contributed by atoms with Crippen molar-refractivity contribution in [2.45, 2.75) is 57.1 Å². The summed E-state index contributed by atoms with van der Waals surface area (Å²) < 4.78 is 36.0. The zero-order chi connectivity index (χ0) is 36.8. The Kier molecular flexibility index (Phi) is 12.3.